The largest absolute Gasteiger partial charge is 0.573 e. The lowest BCUT2D eigenvalue weighted by Crippen LogP contribution is -2.78. The molecule has 3 aliphatic carbocycles. The van der Waals surface area contributed by atoms with Gasteiger partial charge in [0.05, 0.1) is 24.2 Å². The van der Waals surface area contributed by atoms with Crippen LogP contribution >= 0.6 is 0 Å². The Labute approximate surface area is 261 Å². The quantitative estimate of drug-likeness (QED) is 0.359. The number of hydrogen-bond donors (Lipinski definition) is 1. The number of nitrogens with zero attached hydrogens (tertiary/aromatic N) is 2. The van der Waals surface area contributed by atoms with Gasteiger partial charge in [-0.05, 0) is 92.3 Å². The zero-order valence-electron chi connectivity index (χ0n) is 26.0. The number of rotatable bonds is 9. The van der Waals surface area contributed by atoms with E-state index in [1.54, 1.807) is 13.2 Å². The maximum atomic E-state index is 14.0. The molecule has 7 nitrogen and oxygen atoms in total. The molecule has 5 aliphatic rings. The minimum absolute atomic E-state index is 0.0221. The molecule has 45 heavy (non-hydrogen) atoms. The van der Waals surface area contributed by atoms with E-state index >= 15 is 0 Å². The van der Waals surface area contributed by atoms with E-state index in [-0.39, 0.29) is 29.7 Å². The van der Waals surface area contributed by atoms with Crippen LogP contribution in [0.1, 0.15) is 62.6 Å². The summed E-state index contributed by atoms with van der Waals surface area (Å²) in [7, 11) is 1.63. The summed E-state index contributed by atoms with van der Waals surface area (Å²) in [5, 5.41) is 12.9. The molecule has 1 spiro atoms. The number of halogens is 3. The Morgan fingerprint density at radius 2 is 2.00 bits per heavy atom. The lowest BCUT2D eigenvalue weighted by Gasteiger charge is -2.65. The van der Waals surface area contributed by atoms with Crippen molar-refractivity contribution < 1.29 is 37.3 Å². The molecule has 2 bridgehead atoms. The van der Waals surface area contributed by atoms with E-state index in [0.717, 1.165) is 31.5 Å². The van der Waals surface area contributed by atoms with E-state index in [1.165, 1.54) is 48.8 Å². The van der Waals surface area contributed by atoms with E-state index in [9.17, 15) is 23.1 Å². The summed E-state index contributed by atoms with van der Waals surface area (Å²) in [4.78, 5) is 18.4. The van der Waals surface area contributed by atoms with Crippen molar-refractivity contribution in [1.82, 2.24) is 9.80 Å². The first-order valence-electron chi connectivity index (χ1n) is 16.1. The monoisotopic (exact) mass is 626 g/mol. The van der Waals surface area contributed by atoms with Crippen molar-refractivity contribution in [3.05, 3.63) is 59.2 Å². The molecule has 2 aromatic carbocycles. The smallest absolute Gasteiger partial charge is 0.493 e. The lowest BCUT2D eigenvalue weighted by molar-refractivity contribution is -0.274. The lowest BCUT2D eigenvalue weighted by atomic mass is 9.48. The van der Waals surface area contributed by atoms with E-state index in [0.29, 0.717) is 42.4 Å². The average molecular weight is 627 g/mol. The predicted octanol–water partition coefficient (Wildman–Crippen LogP) is 5.72. The molecule has 10 heteroatoms. The second-order valence-corrected chi connectivity index (χ2v) is 13.9. The Kier molecular flexibility index (Phi) is 7.39. The first-order valence-corrected chi connectivity index (χ1v) is 16.1. The molecule has 2 aliphatic heterocycles. The second-order valence-electron chi connectivity index (χ2n) is 13.9. The fourth-order valence-electron chi connectivity index (χ4n) is 8.79. The third-order valence-corrected chi connectivity index (χ3v) is 10.7. The van der Waals surface area contributed by atoms with Gasteiger partial charge in [0, 0.05) is 30.8 Å². The molecule has 2 saturated carbocycles. The third-order valence-electron chi connectivity index (χ3n) is 10.7. The van der Waals surface area contributed by atoms with Crippen molar-refractivity contribution in [3.63, 3.8) is 0 Å². The van der Waals surface area contributed by atoms with Crippen LogP contribution in [0.4, 0.5) is 13.2 Å². The van der Waals surface area contributed by atoms with Crippen LogP contribution < -0.4 is 14.2 Å². The van der Waals surface area contributed by atoms with Gasteiger partial charge in [-0.25, -0.2) is 0 Å². The molecule has 1 N–H and O–H groups in total. The van der Waals surface area contributed by atoms with E-state index in [1.807, 2.05) is 11.0 Å². The number of hydrogen-bond acceptors (Lipinski definition) is 6. The first-order chi connectivity index (χ1) is 21.4. The molecule has 0 aromatic heterocycles. The molecule has 2 aromatic rings. The topological polar surface area (TPSA) is 71.5 Å². The van der Waals surface area contributed by atoms with Gasteiger partial charge in [0.1, 0.15) is 11.9 Å². The SMILES string of the molecule is COc1ccc2c3c1O[C@H]1[C@H](N(CC(C)C)C(=O)C=Cc4cccc(OC(F)(F)F)c4)CC[C@@]4(O)[C@@H](C2)N(CC2CC2)CC[C@]314. The van der Waals surface area contributed by atoms with Gasteiger partial charge in [0.25, 0.3) is 0 Å². The van der Waals surface area contributed by atoms with Crippen molar-refractivity contribution in [3.8, 4) is 17.2 Å². The zero-order valence-corrected chi connectivity index (χ0v) is 26.0. The maximum absolute atomic E-state index is 14.0. The number of alkyl halides is 3. The number of methoxy groups -OCH3 is 1. The van der Waals surface area contributed by atoms with Gasteiger partial charge in [-0.2, -0.15) is 0 Å². The number of aliphatic hydroxyl groups is 1. The van der Waals surface area contributed by atoms with Gasteiger partial charge in [0.15, 0.2) is 11.5 Å². The van der Waals surface area contributed by atoms with Crippen LogP contribution in [-0.4, -0.2) is 77.7 Å². The van der Waals surface area contributed by atoms with Gasteiger partial charge >= 0.3 is 6.36 Å². The van der Waals surface area contributed by atoms with E-state index in [4.69, 9.17) is 9.47 Å². The Morgan fingerprint density at radius 1 is 1.20 bits per heavy atom. The van der Waals surface area contributed by atoms with Crippen LogP contribution in [0.5, 0.6) is 17.2 Å². The fourth-order valence-corrected chi connectivity index (χ4v) is 8.79. The standard InChI is InChI=1S/C35H41F3N2O5/c1-21(2)19-40(29(41)12-9-22-5-4-6-25(17-22)45-35(36,37)38)26-13-14-34(42)28-18-24-10-11-27(43-3)31-30(24)33(34,32(26)44-31)15-16-39(28)20-23-7-8-23/h4-6,9-12,17,21,23,26,28,32,42H,7-8,13-16,18-20H2,1-3H3/t26-,28-,32+,33+,34-/m1/s1. The van der Waals surface area contributed by atoms with Gasteiger partial charge in [-0.15, -0.1) is 13.2 Å². The summed E-state index contributed by atoms with van der Waals surface area (Å²) in [6.07, 6.45) is 2.77. The summed E-state index contributed by atoms with van der Waals surface area (Å²) < 4.78 is 55.1. The number of amides is 1. The minimum atomic E-state index is -4.80. The number of carbonyl (C=O) groups excluding carboxylic acids is 1. The van der Waals surface area contributed by atoms with Gasteiger partial charge < -0.3 is 24.2 Å². The summed E-state index contributed by atoms with van der Waals surface area (Å²) in [5.41, 5.74) is 0.971. The number of likely N-dealkylation sites (tertiary alicyclic amines) is 1. The van der Waals surface area contributed by atoms with Crippen LogP contribution in [0, 0.1) is 11.8 Å². The molecule has 0 unspecified atom stereocenters. The van der Waals surface area contributed by atoms with Crippen molar-refractivity contribution in [1.29, 1.82) is 0 Å². The molecule has 2 heterocycles. The van der Waals surface area contributed by atoms with E-state index in [2.05, 4.69) is 29.6 Å². The summed E-state index contributed by atoms with van der Waals surface area (Å²) in [5.74, 6) is 1.59. The van der Waals surface area contributed by atoms with Crippen molar-refractivity contribution >= 4 is 12.0 Å². The first kappa shape index (κ1) is 30.4. The van der Waals surface area contributed by atoms with Crippen molar-refractivity contribution in [2.24, 2.45) is 11.8 Å². The third kappa shape index (κ3) is 5.08. The maximum Gasteiger partial charge on any atom is 0.573 e. The molecule has 1 amide bonds. The highest BCUT2D eigenvalue weighted by Gasteiger charge is 2.73. The highest BCUT2D eigenvalue weighted by molar-refractivity contribution is 5.92. The number of ether oxygens (including phenoxy) is 3. The average Bonchev–Trinajstić information content (AvgIpc) is 3.73. The Bertz CT molecular complexity index is 1510. The summed E-state index contributed by atoms with van der Waals surface area (Å²) in [6.45, 7) is 6.45. The molecule has 3 fully saturated rings. The summed E-state index contributed by atoms with van der Waals surface area (Å²) >= 11 is 0. The molecule has 5 atom stereocenters. The van der Waals surface area contributed by atoms with Gasteiger partial charge in [-0.3, -0.25) is 9.69 Å². The molecular formula is C35H41F3N2O5. The highest BCUT2D eigenvalue weighted by Crippen LogP contribution is 2.66. The minimum Gasteiger partial charge on any atom is -0.493 e. The Hall–Kier alpha value is -3.24. The van der Waals surface area contributed by atoms with Crippen LogP contribution in [-0.2, 0) is 16.6 Å². The molecular weight excluding hydrogens is 585 g/mol. The van der Waals surface area contributed by atoms with Crippen molar-refractivity contribution in [2.45, 2.75) is 87.9 Å². The van der Waals surface area contributed by atoms with E-state index < -0.39 is 23.5 Å². The molecule has 242 valence electrons. The molecule has 7 rings (SSSR count). The fraction of sp³-hybridized carbons (Fsp3) is 0.571. The normalized spacial score (nSPS) is 30.3. The number of carbonyl (C=O) groups is 1. The second kappa shape index (κ2) is 10.9. The van der Waals surface area contributed by atoms with Crippen LogP contribution in [0.3, 0.4) is 0 Å². The number of piperidine rings is 1. The van der Waals surface area contributed by atoms with Gasteiger partial charge in [-0.1, -0.05) is 32.0 Å². The van der Waals surface area contributed by atoms with Gasteiger partial charge in [0.2, 0.25) is 5.91 Å². The molecule has 1 saturated heterocycles. The Morgan fingerprint density at radius 3 is 2.71 bits per heavy atom. The predicted molar refractivity (Wildman–Crippen MR) is 162 cm³/mol. The molecule has 0 radical (unpaired) electrons. The highest BCUT2D eigenvalue weighted by atomic mass is 19.4. The number of benzene rings is 2. The Balaban J connectivity index is 1.24. The van der Waals surface area contributed by atoms with Crippen LogP contribution in [0.25, 0.3) is 6.08 Å². The summed E-state index contributed by atoms with van der Waals surface area (Å²) in [6, 6.07) is 9.31. The zero-order chi connectivity index (χ0) is 31.7. The van der Waals surface area contributed by atoms with Crippen molar-refractivity contribution in [2.75, 3.05) is 26.7 Å². The van der Waals surface area contributed by atoms with Crippen LogP contribution in [0.15, 0.2) is 42.5 Å². The van der Waals surface area contributed by atoms with Crippen LogP contribution in [0.2, 0.25) is 0 Å².